The molecule has 1 aliphatic rings. The first-order chi connectivity index (χ1) is 16.0. The highest BCUT2D eigenvalue weighted by atomic mass is 16.5. The molecule has 1 heterocycles. The number of carbonyl (C=O) groups is 2. The Morgan fingerprint density at radius 1 is 0.879 bits per heavy atom. The first kappa shape index (κ1) is 22.1. The zero-order valence-corrected chi connectivity index (χ0v) is 18.8. The molecule has 0 aliphatic carbocycles. The van der Waals surface area contributed by atoms with Crippen LogP contribution in [0.25, 0.3) is 5.70 Å². The molecule has 6 nitrogen and oxygen atoms in total. The summed E-state index contributed by atoms with van der Waals surface area (Å²) in [4.78, 5) is 25.2. The van der Waals surface area contributed by atoms with Gasteiger partial charge in [-0.25, -0.2) is 9.59 Å². The molecule has 4 rings (SSSR count). The van der Waals surface area contributed by atoms with Gasteiger partial charge in [0.2, 0.25) is 0 Å². The van der Waals surface area contributed by atoms with Crippen molar-refractivity contribution in [3.05, 3.63) is 101 Å². The lowest BCUT2D eigenvalue weighted by Crippen LogP contribution is -2.45. The third-order valence-electron chi connectivity index (χ3n) is 5.54. The number of carbonyl (C=O) groups excluding carboxylic acids is 2. The zero-order valence-electron chi connectivity index (χ0n) is 18.8. The van der Waals surface area contributed by atoms with Crippen LogP contribution >= 0.6 is 0 Å². The van der Waals surface area contributed by atoms with Crippen molar-refractivity contribution in [3.63, 3.8) is 0 Å². The van der Waals surface area contributed by atoms with Gasteiger partial charge in [-0.3, -0.25) is 0 Å². The summed E-state index contributed by atoms with van der Waals surface area (Å²) in [6, 6.07) is 23.5. The molecule has 3 aromatic carbocycles. The summed E-state index contributed by atoms with van der Waals surface area (Å²) in [6.07, 6.45) is 0. The fourth-order valence-electron chi connectivity index (χ4n) is 3.76. The Bertz CT molecular complexity index is 1170. The van der Waals surface area contributed by atoms with Gasteiger partial charge in [0.25, 0.3) is 0 Å². The minimum absolute atomic E-state index is 0.334. The average molecular weight is 443 g/mol. The number of urea groups is 1. The standard InChI is InChI=1S/C27H26N2O4/c1-17(2)18-9-13-21(14-10-18)33-22-15-11-20(12-16-22)25-23(26(30)32-3)24(28-27(31)29-25)19-7-5-4-6-8-19/h4-17,25H,1-3H3,(H2,28,29,31). The Morgan fingerprint density at radius 3 is 2.06 bits per heavy atom. The molecule has 2 N–H and O–H groups in total. The molecule has 0 aromatic heterocycles. The number of nitrogens with one attached hydrogen (secondary N) is 2. The van der Waals surface area contributed by atoms with Gasteiger partial charge in [0.05, 0.1) is 24.4 Å². The minimum atomic E-state index is -0.666. The van der Waals surface area contributed by atoms with Crippen molar-refractivity contribution in [3.8, 4) is 11.5 Å². The molecule has 0 saturated heterocycles. The number of benzene rings is 3. The second-order valence-electron chi connectivity index (χ2n) is 8.07. The Hall–Kier alpha value is -4.06. The van der Waals surface area contributed by atoms with Crippen molar-refractivity contribution in [2.24, 2.45) is 0 Å². The monoisotopic (exact) mass is 442 g/mol. The lowest BCUT2D eigenvalue weighted by atomic mass is 9.92. The van der Waals surface area contributed by atoms with Crippen molar-refractivity contribution in [1.82, 2.24) is 10.6 Å². The summed E-state index contributed by atoms with van der Waals surface area (Å²) in [7, 11) is 1.33. The van der Waals surface area contributed by atoms with E-state index in [9.17, 15) is 9.59 Å². The van der Waals surface area contributed by atoms with Crippen LogP contribution in [0.2, 0.25) is 0 Å². The topological polar surface area (TPSA) is 76.7 Å². The van der Waals surface area contributed by atoms with Gasteiger partial charge in [0, 0.05) is 0 Å². The van der Waals surface area contributed by atoms with E-state index in [4.69, 9.17) is 9.47 Å². The molecule has 3 aromatic rings. The molecular weight excluding hydrogens is 416 g/mol. The quantitative estimate of drug-likeness (QED) is 0.492. The van der Waals surface area contributed by atoms with E-state index in [1.54, 1.807) is 0 Å². The van der Waals surface area contributed by atoms with E-state index < -0.39 is 18.0 Å². The van der Waals surface area contributed by atoms with Gasteiger partial charge in [-0.15, -0.1) is 0 Å². The molecule has 168 valence electrons. The van der Waals surface area contributed by atoms with E-state index in [1.807, 2.05) is 66.7 Å². The molecule has 0 bridgehead atoms. The van der Waals surface area contributed by atoms with E-state index >= 15 is 0 Å². The van der Waals surface area contributed by atoms with Crippen LogP contribution in [0.5, 0.6) is 11.5 Å². The van der Waals surface area contributed by atoms with Gasteiger partial charge in [-0.1, -0.05) is 68.4 Å². The van der Waals surface area contributed by atoms with E-state index in [0.29, 0.717) is 22.9 Å². The number of rotatable bonds is 6. The summed E-state index contributed by atoms with van der Waals surface area (Å²) in [5, 5.41) is 5.59. The van der Waals surface area contributed by atoms with Crippen LogP contribution in [0.3, 0.4) is 0 Å². The molecule has 1 unspecified atom stereocenters. The highest BCUT2D eigenvalue weighted by molar-refractivity contribution is 6.04. The number of esters is 1. The van der Waals surface area contributed by atoms with Gasteiger partial charge < -0.3 is 20.1 Å². The Labute approximate surface area is 193 Å². The first-order valence-electron chi connectivity index (χ1n) is 10.8. The first-order valence-corrected chi connectivity index (χ1v) is 10.8. The van der Waals surface area contributed by atoms with Gasteiger partial charge in [-0.2, -0.15) is 0 Å². The maximum absolute atomic E-state index is 12.7. The predicted molar refractivity (Wildman–Crippen MR) is 127 cm³/mol. The van der Waals surface area contributed by atoms with Crippen LogP contribution in [0.1, 0.15) is 42.5 Å². The summed E-state index contributed by atoms with van der Waals surface area (Å²) in [6.45, 7) is 4.29. The molecule has 2 amide bonds. The highest BCUT2D eigenvalue weighted by Gasteiger charge is 2.34. The normalized spacial score (nSPS) is 15.6. The summed E-state index contributed by atoms with van der Waals surface area (Å²) < 4.78 is 11.0. The lowest BCUT2D eigenvalue weighted by molar-refractivity contribution is -0.136. The van der Waals surface area contributed by atoms with Crippen LogP contribution < -0.4 is 15.4 Å². The molecule has 0 spiro atoms. The van der Waals surface area contributed by atoms with Crippen LogP contribution in [-0.4, -0.2) is 19.1 Å². The van der Waals surface area contributed by atoms with Gasteiger partial charge >= 0.3 is 12.0 Å². The number of amides is 2. The van der Waals surface area contributed by atoms with Gasteiger partial charge in [0.15, 0.2) is 0 Å². The van der Waals surface area contributed by atoms with E-state index in [-0.39, 0.29) is 0 Å². The number of hydrogen-bond donors (Lipinski definition) is 2. The second-order valence-corrected chi connectivity index (χ2v) is 8.07. The van der Waals surface area contributed by atoms with Crippen LogP contribution in [0, 0.1) is 0 Å². The van der Waals surface area contributed by atoms with Crippen LogP contribution in [0.15, 0.2) is 84.4 Å². The minimum Gasteiger partial charge on any atom is -0.466 e. The van der Waals surface area contributed by atoms with Crippen LogP contribution in [-0.2, 0) is 9.53 Å². The molecule has 0 fully saturated rings. The molecular formula is C27H26N2O4. The fourth-order valence-corrected chi connectivity index (χ4v) is 3.76. The smallest absolute Gasteiger partial charge is 0.338 e. The maximum Gasteiger partial charge on any atom is 0.338 e. The zero-order chi connectivity index (χ0) is 23.4. The molecule has 1 aliphatic heterocycles. The molecule has 0 radical (unpaired) electrons. The van der Waals surface area contributed by atoms with E-state index in [2.05, 4.69) is 36.6 Å². The Kier molecular flexibility index (Phi) is 6.45. The molecule has 1 atom stereocenters. The van der Waals surface area contributed by atoms with Crippen molar-refractivity contribution >= 4 is 17.7 Å². The van der Waals surface area contributed by atoms with E-state index in [0.717, 1.165) is 16.9 Å². The number of hydrogen-bond acceptors (Lipinski definition) is 4. The van der Waals surface area contributed by atoms with Gasteiger partial charge in [0.1, 0.15) is 11.5 Å². The molecule has 0 saturated carbocycles. The fraction of sp³-hybridized carbons (Fsp3) is 0.185. The van der Waals surface area contributed by atoms with Crippen LogP contribution in [0.4, 0.5) is 4.79 Å². The van der Waals surface area contributed by atoms with Crippen molar-refractivity contribution < 1.29 is 19.1 Å². The number of methoxy groups -OCH3 is 1. The Balaban J connectivity index is 1.64. The SMILES string of the molecule is COC(=O)C1=C(c2ccccc2)NC(=O)NC1c1ccc(Oc2ccc(C(C)C)cc2)cc1. The third kappa shape index (κ3) is 4.90. The predicted octanol–water partition coefficient (Wildman–Crippen LogP) is 5.54. The third-order valence-corrected chi connectivity index (χ3v) is 5.54. The largest absolute Gasteiger partial charge is 0.466 e. The maximum atomic E-state index is 12.7. The van der Waals surface area contributed by atoms with Gasteiger partial charge in [-0.05, 0) is 46.9 Å². The molecule has 33 heavy (non-hydrogen) atoms. The second kappa shape index (κ2) is 9.61. The van der Waals surface area contributed by atoms with E-state index in [1.165, 1.54) is 12.7 Å². The summed E-state index contributed by atoms with van der Waals surface area (Å²) in [5.41, 5.74) is 3.47. The van der Waals surface area contributed by atoms with Crippen molar-refractivity contribution in [1.29, 1.82) is 0 Å². The lowest BCUT2D eigenvalue weighted by Gasteiger charge is -2.29. The average Bonchev–Trinajstić information content (AvgIpc) is 2.84. The van der Waals surface area contributed by atoms with Crippen molar-refractivity contribution in [2.45, 2.75) is 25.8 Å². The summed E-state index contributed by atoms with van der Waals surface area (Å²) in [5.74, 6) is 1.33. The van der Waals surface area contributed by atoms with Crippen molar-refractivity contribution in [2.75, 3.05) is 7.11 Å². The number of ether oxygens (including phenoxy) is 2. The highest BCUT2D eigenvalue weighted by Crippen LogP contribution is 2.33. The Morgan fingerprint density at radius 2 is 1.48 bits per heavy atom. The summed E-state index contributed by atoms with van der Waals surface area (Å²) >= 11 is 0. The molecule has 6 heteroatoms.